The van der Waals surface area contributed by atoms with E-state index in [1.54, 1.807) is 23.1 Å². The number of benzene rings is 1. The Morgan fingerprint density at radius 1 is 1.25 bits per heavy atom. The summed E-state index contributed by atoms with van der Waals surface area (Å²) in [5.41, 5.74) is 0.582. The standard InChI is InChI=1S/C18H19BrN2O6S/c1-25-13-9-12(19)7-11(16(13)26-2)8-14-17(23)21(18(24)28-14)10-15(22)20-3-5-27-6-4-20/h7-9H,3-6,10H2,1-2H3/b14-8+. The topological polar surface area (TPSA) is 85.4 Å². The predicted octanol–water partition coefficient (Wildman–Crippen LogP) is 2.36. The van der Waals surface area contributed by atoms with Gasteiger partial charge >= 0.3 is 0 Å². The molecule has 0 aromatic heterocycles. The van der Waals surface area contributed by atoms with Gasteiger partial charge in [0.15, 0.2) is 11.5 Å². The van der Waals surface area contributed by atoms with Gasteiger partial charge in [0, 0.05) is 23.1 Å². The quantitative estimate of drug-likeness (QED) is 0.610. The van der Waals surface area contributed by atoms with E-state index in [2.05, 4.69) is 15.9 Å². The molecule has 0 N–H and O–H groups in total. The predicted molar refractivity (Wildman–Crippen MR) is 107 cm³/mol. The second-order valence-corrected chi connectivity index (χ2v) is 7.90. The normalized spacial score (nSPS) is 18.8. The SMILES string of the molecule is COc1cc(Br)cc(/C=C2/SC(=O)N(CC(=O)N3CCOCC3)C2=O)c1OC. The molecule has 2 fully saturated rings. The fourth-order valence-corrected chi connectivity index (χ4v) is 4.18. The van der Waals surface area contributed by atoms with Gasteiger partial charge in [-0.15, -0.1) is 0 Å². The van der Waals surface area contributed by atoms with Crippen LogP contribution in [0.3, 0.4) is 0 Å². The Balaban J connectivity index is 1.81. The highest BCUT2D eigenvalue weighted by Gasteiger charge is 2.37. The van der Waals surface area contributed by atoms with Crippen LogP contribution in [0.2, 0.25) is 0 Å². The number of hydrogen-bond donors (Lipinski definition) is 0. The summed E-state index contributed by atoms with van der Waals surface area (Å²) in [4.78, 5) is 40.2. The third-order valence-electron chi connectivity index (χ3n) is 4.29. The van der Waals surface area contributed by atoms with Crippen LogP contribution in [0.1, 0.15) is 5.56 Å². The van der Waals surface area contributed by atoms with Crippen molar-refractivity contribution in [2.75, 3.05) is 47.1 Å². The van der Waals surface area contributed by atoms with Crippen LogP contribution in [0.15, 0.2) is 21.5 Å². The van der Waals surface area contributed by atoms with E-state index >= 15 is 0 Å². The van der Waals surface area contributed by atoms with Gasteiger partial charge in [-0.05, 0) is 30.0 Å². The fraction of sp³-hybridized carbons (Fsp3) is 0.389. The van der Waals surface area contributed by atoms with E-state index in [0.717, 1.165) is 21.1 Å². The van der Waals surface area contributed by atoms with Gasteiger partial charge in [-0.2, -0.15) is 0 Å². The zero-order valence-corrected chi connectivity index (χ0v) is 17.8. The minimum Gasteiger partial charge on any atom is -0.493 e. The molecule has 1 aromatic rings. The first-order chi connectivity index (χ1) is 13.4. The Kier molecular flexibility index (Phi) is 6.63. The molecule has 2 saturated heterocycles. The van der Waals surface area contributed by atoms with E-state index in [1.807, 2.05) is 0 Å². The number of thioether (sulfide) groups is 1. The van der Waals surface area contributed by atoms with Crippen LogP contribution in [0.4, 0.5) is 4.79 Å². The molecule has 0 saturated carbocycles. The second kappa shape index (κ2) is 8.97. The number of morpholine rings is 1. The van der Waals surface area contributed by atoms with Crippen molar-refractivity contribution in [3.8, 4) is 11.5 Å². The summed E-state index contributed by atoms with van der Waals surface area (Å²) >= 11 is 4.18. The Bertz CT molecular complexity index is 838. The van der Waals surface area contributed by atoms with E-state index in [-0.39, 0.29) is 17.4 Å². The molecule has 8 nitrogen and oxygen atoms in total. The summed E-state index contributed by atoms with van der Waals surface area (Å²) in [7, 11) is 3.01. The Morgan fingerprint density at radius 2 is 1.96 bits per heavy atom. The van der Waals surface area contributed by atoms with Gasteiger partial charge in [0.1, 0.15) is 6.54 Å². The molecule has 0 spiro atoms. The first-order valence-corrected chi connectivity index (χ1v) is 10.1. The van der Waals surface area contributed by atoms with Crippen LogP contribution >= 0.6 is 27.7 Å². The maximum atomic E-state index is 12.7. The molecular weight excluding hydrogens is 452 g/mol. The van der Waals surface area contributed by atoms with Crippen molar-refractivity contribution >= 4 is 50.8 Å². The summed E-state index contributed by atoms with van der Waals surface area (Å²) in [6.07, 6.45) is 1.57. The molecule has 28 heavy (non-hydrogen) atoms. The van der Waals surface area contributed by atoms with Crippen molar-refractivity contribution in [1.82, 2.24) is 9.80 Å². The van der Waals surface area contributed by atoms with E-state index in [1.165, 1.54) is 14.2 Å². The van der Waals surface area contributed by atoms with E-state index in [0.29, 0.717) is 43.4 Å². The second-order valence-electron chi connectivity index (χ2n) is 5.99. The number of nitrogens with zero attached hydrogens (tertiary/aromatic N) is 2. The zero-order chi connectivity index (χ0) is 20.3. The highest BCUT2D eigenvalue weighted by Crippen LogP contribution is 2.39. The van der Waals surface area contributed by atoms with Crippen molar-refractivity contribution in [2.45, 2.75) is 0 Å². The molecule has 3 rings (SSSR count). The lowest BCUT2D eigenvalue weighted by molar-refractivity contribution is -0.139. The Morgan fingerprint density at radius 3 is 2.61 bits per heavy atom. The number of amides is 3. The fourth-order valence-electron chi connectivity index (χ4n) is 2.89. The largest absolute Gasteiger partial charge is 0.493 e. The number of carbonyl (C=O) groups excluding carboxylic acids is 3. The minimum atomic E-state index is -0.502. The lowest BCUT2D eigenvalue weighted by Crippen LogP contribution is -2.46. The summed E-state index contributed by atoms with van der Waals surface area (Å²) in [5, 5.41) is -0.473. The van der Waals surface area contributed by atoms with Crippen molar-refractivity contribution in [1.29, 1.82) is 0 Å². The molecule has 2 aliphatic heterocycles. The molecule has 0 unspecified atom stereocenters. The molecule has 3 amide bonds. The average molecular weight is 471 g/mol. The molecule has 150 valence electrons. The first kappa shape index (κ1) is 20.7. The first-order valence-electron chi connectivity index (χ1n) is 8.47. The van der Waals surface area contributed by atoms with Gasteiger partial charge in [-0.3, -0.25) is 19.3 Å². The number of hydrogen-bond acceptors (Lipinski definition) is 7. The average Bonchev–Trinajstić information content (AvgIpc) is 2.95. The molecule has 2 heterocycles. The number of rotatable bonds is 5. The molecular formula is C18H19BrN2O6S. The van der Waals surface area contributed by atoms with Crippen LogP contribution in [-0.2, 0) is 14.3 Å². The maximum Gasteiger partial charge on any atom is 0.294 e. The van der Waals surface area contributed by atoms with Crippen LogP contribution in [0.5, 0.6) is 11.5 Å². The summed E-state index contributed by atoms with van der Waals surface area (Å²) in [6, 6.07) is 3.50. The van der Waals surface area contributed by atoms with Crippen molar-refractivity contribution in [3.63, 3.8) is 0 Å². The molecule has 0 radical (unpaired) electrons. The van der Waals surface area contributed by atoms with Crippen molar-refractivity contribution < 1.29 is 28.6 Å². The summed E-state index contributed by atoms with van der Waals surface area (Å²) in [6.45, 7) is 1.55. The van der Waals surface area contributed by atoms with Crippen LogP contribution in [-0.4, -0.2) is 73.9 Å². The van der Waals surface area contributed by atoms with Gasteiger partial charge in [0.2, 0.25) is 5.91 Å². The summed E-state index contributed by atoms with van der Waals surface area (Å²) in [5.74, 6) is 0.165. The number of methoxy groups -OCH3 is 2. The van der Waals surface area contributed by atoms with Crippen molar-refractivity contribution in [2.24, 2.45) is 0 Å². The molecule has 0 aliphatic carbocycles. The molecule has 0 atom stereocenters. The molecule has 10 heteroatoms. The smallest absolute Gasteiger partial charge is 0.294 e. The van der Waals surface area contributed by atoms with Gasteiger partial charge < -0.3 is 19.1 Å². The highest BCUT2D eigenvalue weighted by atomic mass is 79.9. The van der Waals surface area contributed by atoms with Crippen LogP contribution < -0.4 is 9.47 Å². The van der Waals surface area contributed by atoms with Gasteiger partial charge in [-0.25, -0.2) is 0 Å². The summed E-state index contributed by atoms with van der Waals surface area (Å²) < 4.78 is 16.6. The van der Waals surface area contributed by atoms with Crippen LogP contribution in [0.25, 0.3) is 6.08 Å². The monoisotopic (exact) mass is 470 g/mol. The van der Waals surface area contributed by atoms with E-state index < -0.39 is 11.1 Å². The number of imide groups is 1. The molecule has 0 bridgehead atoms. The van der Waals surface area contributed by atoms with Crippen LogP contribution in [0, 0.1) is 0 Å². The number of ether oxygens (including phenoxy) is 3. The Labute approximate surface area is 174 Å². The molecule has 1 aromatic carbocycles. The lowest BCUT2D eigenvalue weighted by Gasteiger charge is -2.28. The number of halogens is 1. The molecule has 2 aliphatic rings. The number of carbonyl (C=O) groups is 3. The Hall–Kier alpha value is -2.04. The van der Waals surface area contributed by atoms with Gasteiger partial charge in [-0.1, -0.05) is 15.9 Å². The highest BCUT2D eigenvalue weighted by molar-refractivity contribution is 9.10. The van der Waals surface area contributed by atoms with Gasteiger partial charge in [0.05, 0.1) is 32.3 Å². The maximum absolute atomic E-state index is 12.7. The lowest BCUT2D eigenvalue weighted by atomic mass is 10.1. The zero-order valence-electron chi connectivity index (χ0n) is 15.4. The minimum absolute atomic E-state index is 0.221. The van der Waals surface area contributed by atoms with E-state index in [4.69, 9.17) is 14.2 Å². The van der Waals surface area contributed by atoms with E-state index in [9.17, 15) is 14.4 Å². The third kappa shape index (κ3) is 4.34. The third-order valence-corrected chi connectivity index (χ3v) is 5.65. The van der Waals surface area contributed by atoms with Gasteiger partial charge in [0.25, 0.3) is 11.1 Å². The van der Waals surface area contributed by atoms with Crippen molar-refractivity contribution in [3.05, 3.63) is 27.1 Å².